The van der Waals surface area contributed by atoms with Crippen LogP contribution in [0.2, 0.25) is 5.02 Å². The maximum absolute atomic E-state index is 12.9. The summed E-state index contributed by atoms with van der Waals surface area (Å²) >= 11 is 5.76. The van der Waals surface area contributed by atoms with E-state index >= 15 is 0 Å². The van der Waals surface area contributed by atoms with Crippen LogP contribution >= 0.6 is 11.6 Å². The van der Waals surface area contributed by atoms with Crippen molar-refractivity contribution >= 4 is 23.2 Å². The fourth-order valence-corrected chi connectivity index (χ4v) is 2.12. The number of anilines is 1. The van der Waals surface area contributed by atoms with Crippen LogP contribution in [-0.4, -0.2) is 5.91 Å². The molecule has 1 amide bonds. The molecule has 7 heteroatoms. The molecule has 0 fully saturated rings. The normalized spacial score (nSPS) is 11.9. The maximum atomic E-state index is 12.9. The van der Waals surface area contributed by atoms with Crippen LogP contribution in [0, 0.1) is 16.7 Å². The molecule has 1 aromatic rings. The average Bonchev–Trinajstić information content (AvgIpc) is 2.42. The quantitative estimate of drug-likeness (QED) is 0.880. The zero-order valence-corrected chi connectivity index (χ0v) is 12.3. The third-order valence-electron chi connectivity index (χ3n) is 3.41. The molecule has 0 saturated heterocycles. The Morgan fingerprint density at radius 3 is 2.33 bits per heavy atom. The second-order valence-corrected chi connectivity index (χ2v) is 4.92. The molecule has 0 aromatic heterocycles. The Morgan fingerprint density at radius 1 is 1.33 bits per heavy atom. The first kappa shape index (κ1) is 17.3. The fraction of sp³-hybridized carbons (Fsp3) is 0.429. The number of amides is 1. The molecule has 21 heavy (non-hydrogen) atoms. The molecule has 3 nitrogen and oxygen atoms in total. The molecule has 0 saturated carbocycles. The highest BCUT2D eigenvalue weighted by Gasteiger charge is 2.39. The van der Waals surface area contributed by atoms with Gasteiger partial charge in [-0.25, -0.2) is 0 Å². The number of halogens is 4. The SMILES string of the molecule is CCC(C#N)(CC)C(=O)Nc1c(Cl)cccc1C(F)(F)F. The van der Waals surface area contributed by atoms with Crippen molar-refractivity contribution in [3.05, 3.63) is 28.8 Å². The minimum Gasteiger partial charge on any atom is -0.323 e. The molecule has 0 atom stereocenters. The number of hydrogen-bond acceptors (Lipinski definition) is 2. The lowest BCUT2D eigenvalue weighted by atomic mass is 9.83. The van der Waals surface area contributed by atoms with Crippen molar-refractivity contribution in [3.63, 3.8) is 0 Å². The van der Waals surface area contributed by atoms with Crippen LogP contribution in [0.5, 0.6) is 0 Å². The van der Waals surface area contributed by atoms with Crippen LogP contribution in [0.3, 0.4) is 0 Å². The summed E-state index contributed by atoms with van der Waals surface area (Å²) in [4.78, 5) is 12.2. The number of rotatable bonds is 4. The van der Waals surface area contributed by atoms with E-state index in [1.807, 2.05) is 6.07 Å². The second kappa shape index (κ2) is 6.35. The first-order chi connectivity index (χ1) is 9.71. The fourth-order valence-electron chi connectivity index (χ4n) is 1.90. The number of para-hydroxylation sites is 1. The Balaban J connectivity index is 3.26. The zero-order valence-electron chi connectivity index (χ0n) is 11.5. The van der Waals surface area contributed by atoms with Gasteiger partial charge in [-0.3, -0.25) is 4.79 Å². The number of nitriles is 1. The lowest BCUT2D eigenvalue weighted by Gasteiger charge is -2.24. The third kappa shape index (κ3) is 3.48. The molecular weight excluding hydrogens is 305 g/mol. The van der Waals surface area contributed by atoms with Crippen LogP contribution < -0.4 is 5.32 Å². The third-order valence-corrected chi connectivity index (χ3v) is 3.73. The van der Waals surface area contributed by atoms with Crippen LogP contribution in [0.1, 0.15) is 32.3 Å². The average molecular weight is 319 g/mol. The van der Waals surface area contributed by atoms with Gasteiger partial charge in [0.25, 0.3) is 0 Å². The molecule has 0 aliphatic carbocycles. The van der Waals surface area contributed by atoms with E-state index in [9.17, 15) is 18.0 Å². The van der Waals surface area contributed by atoms with E-state index in [-0.39, 0.29) is 17.9 Å². The molecular formula is C14H14ClF3N2O. The Hall–Kier alpha value is -1.74. The Labute approximate surface area is 125 Å². The summed E-state index contributed by atoms with van der Waals surface area (Å²) in [6, 6.07) is 5.10. The summed E-state index contributed by atoms with van der Waals surface area (Å²) in [7, 11) is 0. The van der Waals surface area contributed by atoms with Crippen molar-refractivity contribution in [2.75, 3.05) is 5.32 Å². The lowest BCUT2D eigenvalue weighted by molar-refractivity contribution is -0.137. The second-order valence-electron chi connectivity index (χ2n) is 4.52. The molecule has 1 N–H and O–H groups in total. The highest BCUT2D eigenvalue weighted by atomic mass is 35.5. The highest BCUT2D eigenvalue weighted by Crippen LogP contribution is 2.39. The van der Waals surface area contributed by atoms with E-state index in [1.165, 1.54) is 6.07 Å². The Kier molecular flexibility index (Phi) is 5.24. The number of alkyl halides is 3. The minimum atomic E-state index is -4.65. The van der Waals surface area contributed by atoms with Gasteiger partial charge in [0.2, 0.25) is 5.91 Å². The molecule has 1 aromatic carbocycles. The van der Waals surface area contributed by atoms with Crippen LogP contribution in [-0.2, 0) is 11.0 Å². The van der Waals surface area contributed by atoms with Crippen molar-refractivity contribution in [2.45, 2.75) is 32.9 Å². The standard InChI is InChI=1S/C14H14ClF3N2O/c1-3-13(4-2,8-19)12(21)20-11-9(14(16,17)18)6-5-7-10(11)15/h5-7H,3-4H2,1-2H3,(H,20,21). The van der Waals surface area contributed by atoms with Gasteiger partial charge in [-0.2, -0.15) is 18.4 Å². The molecule has 1 rings (SSSR count). The van der Waals surface area contributed by atoms with Crippen molar-refractivity contribution in [2.24, 2.45) is 5.41 Å². The molecule has 0 aliphatic heterocycles. The monoisotopic (exact) mass is 318 g/mol. The van der Waals surface area contributed by atoms with Gasteiger partial charge < -0.3 is 5.32 Å². The molecule has 0 heterocycles. The van der Waals surface area contributed by atoms with Crippen molar-refractivity contribution < 1.29 is 18.0 Å². The van der Waals surface area contributed by atoms with Crippen LogP contribution in [0.15, 0.2) is 18.2 Å². The summed E-state index contributed by atoms with van der Waals surface area (Å²) in [6.07, 6.45) is -4.27. The summed E-state index contributed by atoms with van der Waals surface area (Å²) < 4.78 is 38.8. The van der Waals surface area contributed by atoms with Crippen molar-refractivity contribution in [1.82, 2.24) is 0 Å². The predicted molar refractivity (Wildman–Crippen MR) is 73.7 cm³/mol. The van der Waals surface area contributed by atoms with Gasteiger partial charge in [-0.15, -0.1) is 0 Å². The van der Waals surface area contributed by atoms with Crippen molar-refractivity contribution in [1.29, 1.82) is 5.26 Å². The molecule has 114 valence electrons. The summed E-state index contributed by atoms with van der Waals surface area (Å²) in [5, 5.41) is 11.1. The molecule has 0 aliphatic rings. The van der Waals surface area contributed by atoms with Crippen LogP contribution in [0.25, 0.3) is 0 Å². The lowest BCUT2D eigenvalue weighted by Crippen LogP contribution is -2.34. The van der Waals surface area contributed by atoms with E-state index in [4.69, 9.17) is 16.9 Å². The van der Waals surface area contributed by atoms with E-state index in [0.29, 0.717) is 0 Å². The van der Waals surface area contributed by atoms with Gasteiger partial charge in [0.15, 0.2) is 0 Å². The summed E-state index contributed by atoms with van der Waals surface area (Å²) in [6.45, 7) is 3.26. The van der Waals surface area contributed by atoms with Crippen LogP contribution in [0.4, 0.5) is 18.9 Å². The first-order valence-corrected chi connectivity index (χ1v) is 6.68. The maximum Gasteiger partial charge on any atom is 0.418 e. The summed E-state index contributed by atoms with van der Waals surface area (Å²) in [5.74, 6) is -0.784. The molecule has 0 radical (unpaired) electrons. The molecule has 0 unspecified atom stereocenters. The highest BCUT2D eigenvalue weighted by molar-refractivity contribution is 6.34. The minimum absolute atomic E-state index is 0.192. The number of nitrogens with one attached hydrogen (secondary N) is 1. The van der Waals surface area contributed by atoms with Gasteiger partial charge in [-0.05, 0) is 25.0 Å². The smallest absolute Gasteiger partial charge is 0.323 e. The van der Waals surface area contributed by atoms with Crippen molar-refractivity contribution in [3.8, 4) is 6.07 Å². The van der Waals surface area contributed by atoms with E-state index in [0.717, 1.165) is 12.1 Å². The molecule has 0 spiro atoms. The van der Waals surface area contributed by atoms with Gasteiger partial charge >= 0.3 is 6.18 Å². The number of hydrogen-bond donors (Lipinski definition) is 1. The predicted octanol–water partition coefficient (Wildman–Crippen LogP) is 4.63. The molecule has 0 bridgehead atoms. The Bertz CT molecular complexity index is 575. The van der Waals surface area contributed by atoms with E-state index in [2.05, 4.69) is 5.32 Å². The summed E-state index contributed by atoms with van der Waals surface area (Å²) in [5.41, 5.74) is -2.93. The van der Waals surface area contributed by atoms with Gasteiger partial charge in [0.05, 0.1) is 22.3 Å². The number of nitrogens with zero attached hydrogens (tertiary/aromatic N) is 1. The first-order valence-electron chi connectivity index (χ1n) is 6.30. The van der Waals surface area contributed by atoms with E-state index < -0.39 is 28.7 Å². The zero-order chi connectivity index (χ0) is 16.3. The largest absolute Gasteiger partial charge is 0.418 e. The topological polar surface area (TPSA) is 52.9 Å². The van der Waals surface area contributed by atoms with Gasteiger partial charge in [0.1, 0.15) is 5.41 Å². The van der Waals surface area contributed by atoms with Gasteiger partial charge in [0, 0.05) is 0 Å². The number of carbonyl (C=O) groups excluding carboxylic acids is 1. The van der Waals surface area contributed by atoms with Gasteiger partial charge in [-0.1, -0.05) is 31.5 Å². The number of carbonyl (C=O) groups is 1. The van der Waals surface area contributed by atoms with E-state index in [1.54, 1.807) is 13.8 Å². The number of benzene rings is 1. The Morgan fingerprint density at radius 2 is 1.90 bits per heavy atom.